The number of aromatic carboxylic acids is 1. The van der Waals surface area contributed by atoms with Crippen molar-refractivity contribution in [2.24, 2.45) is 0 Å². The normalized spacial score (nSPS) is 11.7. The van der Waals surface area contributed by atoms with Crippen LogP contribution in [0.5, 0.6) is 0 Å². The number of carboxylic acid groups (broad SMARTS) is 1. The lowest BCUT2D eigenvalue weighted by molar-refractivity contribution is -0.115. The maximum atomic E-state index is 12.1. The Kier molecular flexibility index (Phi) is 4.15. The minimum Gasteiger partial charge on any atom is -0.478 e. The highest BCUT2D eigenvalue weighted by Gasteiger charge is 2.27. The summed E-state index contributed by atoms with van der Waals surface area (Å²) in [6.45, 7) is 2.31. The average Bonchev–Trinajstić information content (AvgIpc) is 2.25. The molecule has 0 amide bonds. The van der Waals surface area contributed by atoms with E-state index in [9.17, 15) is 18.0 Å². The van der Waals surface area contributed by atoms with Gasteiger partial charge in [-0.2, -0.15) is 13.2 Å². The lowest BCUT2D eigenvalue weighted by atomic mass is 10.1. The van der Waals surface area contributed by atoms with Gasteiger partial charge in [0.25, 0.3) is 0 Å². The quantitative estimate of drug-likeness (QED) is 0.875. The van der Waals surface area contributed by atoms with Gasteiger partial charge in [0.15, 0.2) is 0 Å². The molecule has 0 atom stereocenters. The van der Waals surface area contributed by atoms with Gasteiger partial charge in [-0.15, -0.1) is 0 Å². The molecule has 0 aromatic carbocycles. The number of nitrogens with zero attached hydrogens (tertiary/aromatic N) is 1. The van der Waals surface area contributed by atoms with Crippen molar-refractivity contribution < 1.29 is 23.1 Å². The zero-order valence-corrected chi connectivity index (χ0v) is 9.88. The first-order valence-electron chi connectivity index (χ1n) is 5.25. The number of halogens is 3. The van der Waals surface area contributed by atoms with E-state index in [1.54, 1.807) is 13.8 Å². The van der Waals surface area contributed by atoms with E-state index < -0.39 is 18.7 Å². The van der Waals surface area contributed by atoms with E-state index in [4.69, 9.17) is 5.11 Å². The molecule has 0 saturated carbocycles. The number of hydrogen-bond acceptors (Lipinski definition) is 3. The molecule has 0 radical (unpaired) electrons. The molecular formula is C11H13F3N2O2. The lowest BCUT2D eigenvalue weighted by Crippen LogP contribution is -2.22. The molecule has 4 nitrogen and oxygen atoms in total. The minimum absolute atomic E-state index is 0.0734. The Bertz CT molecular complexity index is 444. The van der Waals surface area contributed by atoms with Crippen LogP contribution in [-0.4, -0.2) is 28.8 Å². The Labute approximate surface area is 102 Å². The Hall–Kier alpha value is -1.79. The summed E-state index contributed by atoms with van der Waals surface area (Å²) in [5.41, 5.74) is 0.345. The lowest BCUT2D eigenvalue weighted by Gasteiger charge is -2.12. The van der Waals surface area contributed by atoms with Gasteiger partial charge >= 0.3 is 12.1 Å². The Balaban J connectivity index is 3.00. The fourth-order valence-electron chi connectivity index (χ4n) is 1.25. The molecule has 1 aromatic rings. The second-order valence-corrected chi connectivity index (χ2v) is 4.09. The molecule has 0 bridgehead atoms. The van der Waals surface area contributed by atoms with Gasteiger partial charge in [0.1, 0.15) is 12.4 Å². The van der Waals surface area contributed by atoms with Gasteiger partial charge in [-0.05, 0) is 18.1 Å². The number of pyridine rings is 1. The van der Waals surface area contributed by atoms with Crippen molar-refractivity contribution in [1.82, 2.24) is 4.98 Å². The Morgan fingerprint density at radius 1 is 1.44 bits per heavy atom. The van der Waals surface area contributed by atoms with Crippen molar-refractivity contribution in [2.75, 3.05) is 11.9 Å². The van der Waals surface area contributed by atoms with Gasteiger partial charge < -0.3 is 10.4 Å². The van der Waals surface area contributed by atoms with Gasteiger partial charge in [0.05, 0.1) is 5.56 Å². The predicted octanol–water partition coefficient (Wildman–Crippen LogP) is 2.88. The van der Waals surface area contributed by atoms with Crippen molar-refractivity contribution in [1.29, 1.82) is 0 Å². The maximum Gasteiger partial charge on any atom is 0.405 e. The highest BCUT2D eigenvalue weighted by molar-refractivity contribution is 5.88. The molecule has 1 heterocycles. The van der Waals surface area contributed by atoms with Crippen LogP contribution in [0.4, 0.5) is 19.0 Å². The van der Waals surface area contributed by atoms with Crippen LogP contribution >= 0.6 is 0 Å². The highest BCUT2D eigenvalue weighted by atomic mass is 19.4. The molecule has 1 aromatic heterocycles. The van der Waals surface area contributed by atoms with Crippen molar-refractivity contribution in [3.63, 3.8) is 0 Å². The molecule has 1 rings (SSSR count). The van der Waals surface area contributed by atoms with Crippen LogP contribution < -0.4 is 5.32 Å². The molecular weight excluding hydrogens is 249 g/mol. The van der Waals surface area contributed by atoms with Crippen molar-refractivity contribution in [2.45, 2.75) is 25.9 Å². The summed E-state index contributed by atoms with van der Waals surface area (Å²) in [6, 6.07) is 2.44. The number of alkyl halides is 3. The third-order valence-corrected chi connectivity index (χ3v) is 2.15. The second kappa shape index (κ2) is 5.24. The van der Waals surface area contributed by atoms with E-state index in [1.807, 2.05) is 0 Å². The van der Waals surface area contributed by atoms with Crippen molar-refractivity contribution in [3.05, 3.63) is 23.4 Å². The number of hydrogen-bond donors (Lipinski definition) is 2. The van der Waals surface area contributed by atoms with Crippen molar-refractivity contribution >= 4 is 11.8 Å². The minimum atomic E-state index is -4.38. The topological polar surface area (TPSA) is 62.2 Å². The summed E-state index contributed by atoms with van der Waals surface area (Å²) in [7, 11) is 0. The van der Waals surface area contributed by atoms with Gasteiger partial charge in [-0.1, -0.05) is 13.8 Å². The zero-order chi connectivity index (χ0) is 13.9. The number of rotatable bonds is 4. The molecule has 100 valence electrons. The molecule has 0 aliphatic heterocycles. The monoisotopic (exact) mass is 262 g/mol. The molecule has 7 heteroatoms. The van der Waals surface area contributed by atoms with Crippen LogP contribution in [-0.2, 0) is 0 Å². The van der Waals surface area contributed by atoms with E-state index in [2.05, 4.69) is 10.3 Å². The summed E-state index contributed by atoms with van der Waals surface area (Å²) < 4.78 is 36.2. The smallest absolute Gasteiger partial charge is 0.405 e. The van der Waals surface area contributed by atoms with E-state index >= 15 is 0 Å². The second-order valence-electron chi connectivity index (χ2n) is 4.09. The van der Waals surface area contributed by atoms with Crippen LogP contribution in [0.3, 0.4) is 0 Å². The standard InChI is InChI=1S/C11H13F3N2O2/c1-6(2)8-3-7(10(17)18)4-9(16-8)15-5-11(12,13)14/h3-4,6H,5H2,1-2H3,(H,15,16)(H,17,18). The summed E-state index contributed by atoms with van der Waals surface area (Å²) in [5.74, 6) is -1.36. The van der Waals surface area contributed by atoms with E-state index in [0.717, 1.165) is 6.07 Å². The van der Waals surface area contributed by atoms with Crippen LogP contribution in [0.15, 0.2) is 12.1 Å². The summed E-state index contributed by atoms with van der Waals surface area (Å²) >= 11 is 0. The van der Waals surface area contributed by atoms with E-state index in [1.165, 1.54) is 6.07 Å². The Morgan fingerprint density at radius 2 is 2.06 bits per heavy atom. The summed E-state index contributed by atoms with van der Waals surface area (Å²) in [5, 5.41) is 10.9. The SMILES string of the molecule is CC(C)c1cc(C(=O)O)cc(NCC(F)(F)F)n1. The van der Waals surface area contributed by atoms with Gasteiger partial charge in [0.2, 0.25) is 0 Å². The maximum absolute atomic E-state index is 12.1. The van der Waals surface area contributed by atoms with Gasteiger partial charge in [-0.25, -0.2) is 9.78 Å². The summed E-state index contributed by atoms with van der Waals surface area (Å²) in [6.07, 6.45) is -4.38. The molecule has 18 heavy (non-hydrogen) atoms. The first-order chi connectivity index (χ1) is 8.19. The molecule has 2 N–H and O–H groups in total. The first-order valence-corrected chi connectivity index (χ1v) is 5.25. The van der Waals surface area contributed by atoms with Crippen LogP contribution in [0.2, 0.25) is 0 Å². The molecule has 0 aliphatic carbocycles. The number of aromatic nitrogens is 1. The highest BCUT2D eigenvalue weighted by Crippen LogP contribution is 2.20. The fourth-order valence-corrected chi connectivity index (χ4v) is 1.25. The first kappa shape index (κ1) is 14.3. The van der Waals surface area contributed by atoms with Crippen LogP contribution in [0, 0.1) is 0 Å². The number of anilines is 1. The zero-order valence-electron chi connectivity index (χ0n) is 9.88. The molecule has 0 unspecified atom stereocenters. The van der Waals surface area contributed by atoms with Crippen LogP contribution in [0.1, 0.15) is 35.8 Å². The molecule has 0 saturated heterocycles. The Morgan fingerprint density at radius 3 is 2.50 bits per heavy atom. The third kappa shape index (κ3) is 4.23. The predicted molar refractivity (Wildman–Crippen MR) is 59.8 cm³/mol. The molecule has 0 fully saturated rings. The summed E-state index contributed by atoms with van der Waals surface area (Å²) in [4.78, 5) is 14.8. The van der Waals surface area contributed by atoms with E-state index in [0.29, 0.717) is 5.69 Å². The van der Waals surface area contributed by atoms with E-state index in [-0.39, 0.29) is 17.3 Å². The van der Waals surface area contributed by atoms with Gasteiger partial charge in [-0.3, -0.25) is 0 Å². The average molecular weight is 262 g/mol. The number of nitrogens with one attached hydrogen (secondary N) is 1. The third-order valence-electron chi connectivity index (χ3n) is 2.15. The molecule has 0 aliphatic rings. The van der Waals surface area contributed by atoms with Gasteiger partial charge in [0, 0.05) is 5.69 Å². The number of carboxylic acids is 1. The van der Waals surface area contributed by atoms with Crippen molar-refractivity contribution in [3.8, 4) is 0 Å². The largest absolute Gasteiger partial charge is 0.478 e. The fraction of sp³-hybridized carbons (Fsp3) is 0.455. The molecule has 0 spiro atoms. The number of carbonyl (C=O) groups is 1. The van der Waals surface area contributed by atoms with Crippen LogP contribution in [0.25, 0.3) is 0 Å².